The highest BCUT2D eigenvalue weighted by molar-refractivity contribution is 7.47. The van der Waals surface area contributed by atoms with Gasteiger partial charge < -0.3 is 46.3 Å². The number of imidazole rings is 2. The molecule has 23 nitrogen and oxygen atoms in total. The number of nitrogens with two attached hydrogens (primary N) is 2. The van der Waals surface area contributed by atoms with E-state index in [-0.39, 0.29) is 23.1 Å². The first-order valence-corrected chi connectivity index (χ1v) is 16.6. The van der Waals surface area contributed by atoms with Crippen molar-refractivity contribution in [3.05, 3.63) is 28.7 Å². The molecule has 0 radical (unpaired) electrons. The second kappa shape index (κ2) is 11.1. The minimum atomic E-state index is -5.05. The molecule has 0 aliphatic carbocycles. The van der Waals surface area contributed by atoms with Crippen LogP contribution in [0.25, 0.3) is 11.2 Å². The monoisotopic (exact) mass is 690 g/mol. The zero-order valence-corrected chi connectivity index (χ0v) is 25.2. The number of aromatic amines is 1. The van der Waals surface area contributed by atoms with Crippen LogP contribution in [0.3, 0.4) is 0 Å². The summed E-state index contributed by atoms with van der Waals surface area (Å²) in [4.78, 5) is 52.2. The quantitative estimate of drug-likeness (QED) is 0.134. The molecule has 250 valence electrons. The Labute approximate surface area is 256 Å². The van der Waals surface area contributed by atoms with Crippen LogP contribution in [0, 0.1) is 0 Å². The first kappa shape index (κ1) is 31.3. The fraction of sp³-hybridized carbons (Fsp3) is 0.571. The molecular formula is C21H28N10O13P2. The number of hydrogen-bond donors (Lipinski definition) is 8. The molecule has 3 saturated heterocycles. The van der Waals surface area contributed by atoms with Gasteiger partial charge in [-0.25, -0.2) is 24.1 Å². The maximum atomic E-state index is 13.1. The van der Waals surface area contributed by atoms with Crippen LogP contribution in [0.1, 0.15) is 31.1 Å². The summed E-state index contributed by atoms with van der Waals surface area (Å²) in [5, 5.41) is 25.2. The number of phosphoric ester groups is 2. The van der Waals surface area contributed by atoms with Crippen LogP contribution in [0.2, 0.25) is 0 Å². The summed E-state index contributed by atoms with van der Waals surface area (Å²) < 4.78 is 61.3. The van der Waals surface area contributed by atoms with Crippen molar-refractivity contribution < 1.29 is 56.7 Å². The molecule has 4 aliphatic heterocycles. The van der Waals surface area contributed by atoms with Gasteiger partial charge in [0.25, 0.3) is 5.56 Å². The van der Waals surface area contributed by atoms with Crippen LogP contribution in [-0.4, -0.2) is 105 Å². The van der Waals surface area contributed by atoms with Crippen molar-refractivity contribution in [2.24, 2.45) is 10.7 Å². The van der Waals surface area contributed by atoms with Crippen LogP contribution >= 0.6 is 15.6 Å². The van der Waals surface area contributed by atoms with Crippen molar-refractivity contribution in [2.75, 3.05) is 24.3 Å². The predicted molar refractivity (Wildman–Crippen MR) is 150 cm³/mol. The average molecular weight is 690 g/mol. The summed E-state index contributed by atoms with van der Waals surface area (Å²) in [6.07, 6.45) is -10.0. The molecule has 10 N–H and O–H groups in total. The Hall–Kier alpha value is -3.31. The van der Waals surface area contributed by atoms with Crippen LogP contribution < -0.4 is 22.3 Å². The number of H-pyrrole nitrogens is 1. The predicted octanol–water partition coefficient (Wildman–Crippen LogP) is -2.07. The number of aliphatic hydroxyl groups is 2. The van der Waals surface area contributed by atoms with E-state index in [1.54, 1.807) is 6.92 Å². The number of guanidine groups is 1. The van der Waals surface area contributed by atoms with E-state index in [0.29, 0.717) is 11.5 Å². The first-order chi connectivity index (χ1) is 21.7. The Kier molecular flexibility index (Phi) is 7.58. The van der Waals surface area contributed by atoms with Gasteiger partial charge in [0.05, 0.1) is 31.9 Å². The molecular weight excluding hydrogens is 662 g/mol. The van der Waals surface area contributed by atoms with Gasteiger partial charge in [-0.3, -0.25) is 37.0 Å². The third-order valence-electron chi connectivity index (χ3n) is 7.73. The number of aromatic nitrogens is 6. The van der Waals surface area contributed by atoms with E-state index in [2.05, 4.69) is 30.2 Å². The minimum Gasteiger partial charge on any atom is -0.386 e. The lowest BCUT2D eigenvalue weighted by Gasteiger charge is -2.27. The Balaban J connectivity index is 1.16. The molecule has 3 aromatic rings. The summed E-state index contributed by atoms with van der Waals surface area (Å²) in [6.45, 7) is 0.107. The van der Waals surface area contributed by atoms with E-state index < -0.39 is 89.5 Å². The number of fused-ring (bicyclic) bond motifs is 4. The number of nitrogen functional groups attached to an aromatic ring is 1. The number of rotatable bonds is 2. The highest BCUT2D eigenvalue weighted by Crippen LogP contribution is 2.54. The van der Waals surface area contributed by atoms with Crippen LogP contribution in [0.4, 0.5) is 11.8 Å². The summed E-state index contributed by atoms with van der Waals surface area (Å²) in [5.41, 5.74) is 11.0. The first-order valence-electron chi connectivity index (χ1n) is 13.6. The number of hydrogen-bond acceptors (Lipinski definition) is 18. The van der Waals surface area contributed by atoms with Crippen molar-refractivity contribution in [3.8, 4) is 0 Å². The summed E-state index contributed by atoms with van der Waals surface area (Å²) in [5.74, 6) is 0.126. The maximum Gasteiger partial charge on any atom is 0.472 e. The van der Waals surface area contributed by atoms with Gasteiger partial charge in [0.15, 0.2) is 29.6 Å². The van der Waals surface area contributed by atoms with Gasteiger partial charge in [0.1, 0.15) is 48.1 Å². The van der Waals surface area contributed by atoms with Crippen molar-refractivity contribution in [1.29, 1.82) is 0 Å². The number of phosphoric acid groups is 2. The van der Waals surface area contributed by atoms with Crippen LogP contribution in [0.15, 0.2) is 22.4 Å². The lowest BCUT2D eigenvalue weighted by molar-refractivity contribution is -0.0665. The second-order valence-corrected chi connectivity index (χ2v) is 13.6. The van der Waals surface area contributed by atoms with E-state index in [9.17, 15) is 33.9 Å². The molecule has 0 saturated carbocycles. The molecule has 7 rings (SSSR count). The van der Waals surface area contributed by atoms with Crippen LogP contribution in [0.5, 0.6) is 0 Å². The zero-order chi connectivity index (χ0) is 32.7. The topological polar surface area (TPSA) is 328 Å². The van der Waals surface area contributed by atoms with Crippen molar-refractivity contribution in [1.82, 2.24) is 29.1 Å². The van der Waals surface area contributed by atoms with Gasteiger partial charge >= 0.3 is 15.6 Å². The smallest absolute Gasteiger partial charge is 0.386 e. The highest BCUT2D eigenvalue weighted by Gasteiger charge is 2.54. The Morgan fingerprint density at radius 3 is 2.11 bits per heavy atom. The molecule has 5 unspecified atom stereocenters. The standard InChI is InChI=1S/C21H28N10O13P2/c1-6-9-15(27-20(22)26-6)30(4-24-9)18-11(32)13-7(41-18)2-39-46(37,38)44-14-8(3-40-45(35,36)43-13)42-19(12(14)33)31-5-25-10-16(31)28-21(23)29-17(10)34/h4-8,11-14,18-19,32-33H,2-3H2,1H3,(H,35,36)(H,37,38)(H3,22,26,27)(H3,23,28,29,34)/t6?,7-,8-,11+,12+,13?,14?,18-,19-/m1/s1. The number of aliphatic hydroxyl groups excluding tert-OH is 2. The Morgan fingerprint density at radius 1 is 0.935 bits per heavy atom. The minimum absolute atomic E-state index is 0.0689. The Bertz CT molecular complexity index is 1860. The largest absolute Gasteiger partial charge is 0.472 e. The van der Waals surface area contributed by atoms with E-state index >= 15 is 0 Å². The van der Waals surface area contributed by atoms with Crippen molar-refractivity contribution >= 4 is 44.5 Å². The maximum absolute atomic E-state index is 13.1. The molecule has 0 amide bonds. The van der Waals surface area contributed by atoms with Gasteiger partial charge in [0, 0.05) is 0 Å². The van der Waals surface area contributed by atoms with E-state index in [1.807, 2.05) is 0 Å². The SMILES string of the molecule is CC1N=C(N)Nc2c1ncn2[C@@H]1O[C@@H]2COP(=O)(O)OC3[C@@H](COP(=O)(O)OC2[C@@H]1O)O[C@@H](n1cnc2c(=O)[nH]c(N)nc21)[C@H]3O. The number of ether oxygens (including phenoxy) is 2. The Morgan fingerprint density at radius 2 is 1.50 bits per heavy atom. The normalized spacial score (nSPS) is 39.8. The summed E-state index contributed by atoms with van der Waals surface area (Å²) in [7, 11) is -10.1. The van der Waals surface area contributed by atoms with E-state index in [1.165, 1.54) is 10.9 Å². The molecule has 0 spiro atoms. The van der Waals surface area contributed by atoms with E-state index in [0.717, 1.165) is 10.9 Å². The molecule has 0 aromatic carbocycles. The molecule has 0 bridgehead atoms. The second-order valence-electron chi connectivity index (χ2n) is 10.8. The third kappa shape index (κ3) is 5.43. The number of nitrogens with one attached hydrogen (secondary N) is 2. The summed E-state index contributed by atoms with van der Waals surface area (Å²) >= 11 is 0. The van der Waals surface area contributed by atoms with Gasteiger partial charge in [-0.1, -0.05) is 0 Å². The van der Waals surface area contributed by atoms with Crippen LogP contribution in [-0.2, 0) is 36.7 Å². The number of anilines is 2. The van der Waals surface area contributed by atoms with Gasteiger partial charge in [-0.15, -0.1) is 0 Å². The third-order valence-corrected chi connectivity index (χ3v) is 9.70. The molecule has 46 heavy (non-hydrogen) atoms. The number of nitrogens with zero attached hydrogens (tertiary/aromatic N) is 6. The van der Waals surface area contributed by atoms with Crippen molar-refractivity contribution in [2.45, 2.75) is 62.0 Å². The van der Waals surface area contributed by atoms with E-state index in [4.69, 9.17) is 39.0 Å². The molecule has 4 aliphatic rings. The molecule has 7 heterocycles. The summed E-state index contributed by atoms with van der Waals surface area (Å²) in [6, 6.07) is -0.437. The fourth-order valence-electron chi connectivity index (χ4n) is 5.69. The average Bonchev–Trinajstić information content (AvgIpc) is 3.72. The highest BCUT2D eigenvalue weighted by atomic mass is 31.2. The lowest BCUT2D eigenvalue weighted by Crippen LogP contribution is -2.39. The molecule has 11 atom stereocenters. The van der Waals surface area contributed by atoms with Crippen molar-refractivity contribution in [3.63, 3.8) is 0 Å². The zero-order valence-electron chi connectivity index (χ0n) is 23.5. The molecule has 25 heteroatoms. The number of aliphatic imine (C=N–C) groups is 1. The van der Waals surface area contributed by atoms with Gasteiger partial charge in [0.2, 0.25) is 5.95 Å². The van der Waals surface area contributed by atoms with Gasteiger partial charge in [-0.2, -0.15) is 4.98 Å². The van der Waals surface area contributed by atoms with Gasteiger partial charge in [-0.05, 0) is 6.92 Å². The fourth-order valence-corrected chi connectivity index (χ4v) is 7.62. The lowest BCUT2D eigenvalue weighted by atomic mass is 10.1. The molecule has 3 aromatic heterocycles. The molecule has 3 fully saturated rings.